The Labute approximate surface area is 153 Å². The lowest BCUT2D eigenvalue weighted by molar-refractivity contribution is 0.594. The largest absolute Gasteiger partial charge is 0.384 e. The third-order valence-electron chi connectivity index (χ3n) is 4.67. The molecule has 0 unspecified atom stereocenters. The van der Waals surface area contributed by atoms with Crippen molar-refractivity contribution in [1.82, 2.24) is 4.57 Å². The summed E-state index contributed by atoms with van der Waals surface area (Å²) in [6.45, 7) is 4.20. The Bertz CT molecular complexity index is 1020. The summed E-state index contributed by atoms with van der Waals surface area (Å²) in [6, 6.07) is 14.7. The van der Waals surface area contributed by atoms with E-state index in [-0.39, 0.29) is 15.6 Å². The van der Waals surface area contributed by atoms with Crippen molar-refractivity contribution >= 4 is 15.7 Å². The van der Waals surface area contributed by atoms with Gasteiger partial charge in [-0.3, -0.25) is 0 Å². The maximum Gasteiger partial charge on any atom is 0.210 e. The van der Waals surface area contributed by atoms with Gasteiger partial charge in [0.15, 0.2) is 0 Å². The van der Waals surface area contributed by atoms with E-state index in [1.807, 2.05) is 41.8 Å². The van der Waals surface area contributed by atoms with Gasteiger partial charge in [-0.05, 0) is 55.7 Å². The van der Waals surface area contributed by atoms with Crippen LogP contribution in [-0.4, -0.2) is 13.0 Å². The first kappa shape index (κ1) is 18.2. The number of rotatable bonds is 5. The standard InChI is InChI=1S/C20H21FN2O2S/c1-14-15(2)23(13-12-16-6-4-3-5-7-16)20(22)19(14)26(24,25)18-10-8-17(21)9-11-18/h3-11H,12-13,22H2,1-2H3. The predicted molar refractivity (Wildman–Crippen MR) is 100 cm³/mol. The Balaban J connectivity index is 2.00. The summed E-state index contributed by atoms with van der Waals surface area (Å²) in [5.74, 6) is -0.259. The molecule has 0 bridgehead atoms. The number of sulfone groups is 1. The zero-order chi connectivity index (χ0) is 18.9. The summed E-state index contributed by atoms with van der Waals surface area (Å²) < 4.78 is 41.0. The second-order valence-corrected chi connectivity index (χ2v) is 8.16. The molecule has 0 radical (unpaired) electrons. The molecule has 0 saturated carbocycles. The van der Waals surface area contributed by atoms with Crippen LogP contribution in [0.3, 0.4) is 0 Å². The molecule has 0 aliphatic heterocycles. The zero-order valence-corrected chi connectivity index (χ0v) is 15.6. The van der Waals surface area contributed by atoms with Gasteiger partial charge in [0, 0.05) is 12.2 Å². The maximum atomic E-state index is 13.1. The highest BCUT2D eigenvalue weighted by atomic mass is 32.2. The molecule has 136 valence electrons. The van der Waals surface area contributed by atoms with E-state index in [9.17, 15) is 12.8 Å². The quantitative estimate of drug-likeness (QED) is 0.691. The lowest BCUT2D eigenvalue weighted by Gasteiger charge is -2.10. The highest BCUT2D eigenvalue weighted by Gasteiger charge is 2.28. The molecule has 6 heteroatoms. The van der Waals surface area contributed by atoms with Crippen LogP contribution < -0.4 is 5.73 Å². The van der Waals surface area contributed by atoms with Crippen LogP contribution in [0.2, 0.25) is 0 Å². The van der Waals surface area contributed by atoms with E-state index in [1.54, 1.807) is 6.92 Å². The number of nitrogen functional groups attached to an aromatic ring is 1. The Morgan fingerprint density at radius 3 is 2.23 bits per heavy atom. The highest BCUT2D eigenvalue weighted by Crippen LogP contribution is 2.33. The van der Waals surface area contributed by atoms with Gasteiger partial charge in [0.2, 0.25) is 9.84 Å². The van der Waals surface area contributed by atoms with Crippen LogP contribution in [0.25, 0.3) is 0 Å². The zero-order valence-electron chi connectivity index (χ0n) is 14.7. The van der Waals surface area contributed by atoms with Crippen LogP contribution in [-0.2, 0) is 22.8 Å². The number of nitrogens with two attached hydrogens (primary N) is 1. The third-order valence-corrected chi connectivity index (χ3v) is 6.62. The Kier molecular flexibility index (Phi) is 4.87. The molecule has 1 aromatic heterocycles. The molecule has 0 atom stereocenters. The number of halogens is 1. The molecule has 0 saturated heterocycles. The van der Waals surface area contributed by atoms with Crippen LogP contribution >= 0.6 is 0 Å². The van der Waals surface area contributed by atoms with Crippen LogP contribution in [0.4, 0.5) is 10.2 Å². The van der Waals surface area contributed by atoms with Crippen molar-refractivity contribution in [3.8, 4) is 0 Å². The summed E-state index contributed by atoms with van der Waals surface area (Å²) >= 11 is 0. The number of anilines is 1. The number of aromatic nitrogens is 1. The Hall–Kier alpha value is -2.60. The van der Waals surface area contributed by atoms with Crippen LogP contribution in [0.1, 0.15) is 16.8 Å². The van der Waals surface area contributed by atoms with Crippen molar-refractivity contribution < 1.29 is 12.8 Å². The number of hydrogen-bond acceptors (Lipinski definition) is 3. The molecular formula is C20H21FN2O2S. The molecule has 3 aromatic rings. The van der Waals surface area contributed by atoms with Crippen molar-refractivity contribution in [2.24, 2.45) is 0 Å². The number of nitrogens with zero attached hydrogens (tertiary/aromatic N) is 1. The minimum Gasteiger partial charge on any atom is -0.384 e. The van der Waals surface area contributed by atoms with Gasteiger partial charge in [0.05, 0.1) is 4.90 Å². The van der Waals surface area contributed by atoms with E-state index in [0.29, 0.717) is 12.1 Å². The first-order valence-corrected chi connectivity index (χ1v) is 9.80. The van der Waals surface area contributed by atoms with Crippen LogP contribution in [0, 0.1) is 19.7 Å². The van der Waals surface area contributed by atoms with E-state index in [0.717, 1.165) is 29.8 Å². The first-order valence-electron chi connectivity index (χ1n) is 8.32. The normalized spacial score (nSPS) is 11.7. The lowest BCUT2D eigenvalue weighted by atomic mass is 10.1. The Morgan fingerprint density at radius 1 is 1.00 bits per heavy atom. The highest BCUT2D eigenvalue weighted by molar-refractivity contribution is 7.91. The minimum atomic E-state index is -3.81. The molecule has 2 N–H and O–H groups in total. The van der Waals surface area contributed by atoms with Gasteiger partial charge >= 0.3 is 0 Å². The molecule has 4 nitrogen and oxygen atoms in total. The average molecular weight is 372 g/mol. The molecule has 0 spiro atoms. The van der Waals surface area contributed by atoms with E-state index in [2.05, 4.69) is 0 Å². The topological polar surface area (TPSA) is 65.1 Å². The van der Waals surface area contributed by atoms with Crippen molar-refractivity contribution in [2.45, 2.75) is 36.6 Å². The summed E-state index contributed by atoms with van der Waals surface area (Å²) in [7, 11) is -3.81. The molecule has 0 aliphatic carbocycles. The van der Waals surface area contributed by atoms with Crippen molar-refractivity contribution in [1.29, 1.82) is 0 Å². The fraction of sp³-hybridized carbons (Fsp3) is 0.200. The van der Waals surface area contributed by atoms with Crippen molar-refractivity contribution in [3.05, 3.63) is 77.2 Å². The van der Waals surface area contributed by atoms with Gasteiger partial charge in [-0.25, -0.2) is 12.8 Å². The number of benzene rings is 2. The molecule has 3 rings (SSSR count). The second kappa shape index (κ2) is 6.96. The number of hydrogen-bond donors (Lipinski definition) is 1. The second-order valence-electron chi connectivity index (χ2n) is 6.27. The van der Waals surface area contributed by atoms with Crippen molar-refractivity contribution in [3.63, 3.8) is 0 Å². The summed E-state index contributed by atoms with van der Waals surface area (Å²) in [5.41, 5.74) is 8.83. The molecule has 0 amide bonds. The van der Waals surface area contributed by atoms with Gasteiger partial charge in [0.1, 0.15) is 16.5 Å². The SMILES string of the molecule is Cc1c(S(=O)(=O)c2ccc(F)cc2)c(N)n(CCc2ccccc2)c1C. The monoisotopic (exact) mass is 372 g/mol. The molecule has 0 aliphatic rings. The first-order chi connectivity index (χ1) is 12.3. The van der Waals surface area contributed by atoms with E-state index >= 15 is 0 Å². The van der Waals surface area contributed by atoms with E-state index in [4.69, 9.17) is 5.73 Å². The van der Waals surface area contributed by atoms with Crippen molar-refractivity contribution in [2.75, 3.05) is 5.73 Å². The van der Waals surface area contributed by atoms with Gasteiger partial charge in [-0.15, -0.1) is 0 Å². The van der Waals surface area contributed by atoms with Gasteiger partial charge in [-0.2, -0.15) is 0 Å². The molecule has 1 heterocycles. The smallest absolute Gasteiger partial charge is 0.210 e. The van der Waals surface area contributed by atoms with Gasteiger partial charge in [-0.1, -0.05) is 30.3 Å². The van der Waals surface area contributed by atoms with E-state index in [1.165, 1.54) is 12.1 Å². The van der Waals surface area contributed by atoms with Gasteiger partial charge in [0.25, 0.3) is 0 Å². The average Bonchev–Trinajstić information content (AvgIpc) is 2.84. The number of aryl methyl sites for hydroxylation is 1. The third kappa shape index (κ3) is 3.24. The maximum absolute atomic E-state index is 13.1. The summed E-state index contributed by atoms with van der Waals surface area (Å²) in [6.07, 6.45) is 0.746. The summed E-state index contributed by atoms with van der Waals surface area (Å²) in [5, 5.41) is 0. The van der Waals surface area contributed by atoms with E-state index < -0.39 is 15.7 Å². The molecule has 26 heavy (non-hydrogen) atoms. The fourth-order valence-corrected chi connectivity index (χ4v) is 4.77. The predicted octanol–water partition coefficient (Wildman–Crippen LogP) is 3.90. The van der Waals surface area contributed by atoms with Gasteiger partial charge < -0.3 is 10.3 Å². The van der Waals surface area contributed by atoms with Crippen LogP contribution in [0.15, 0.2) is 64.4 Å². The molecule has 0 fully saturated rings. The summed E-state index contributed by atoms with van der Waals surface area (Å²) in [4.78, 5) is 0.142. The fourth-order valence-electron chi connectivity index (χ4n) is 3.11. The lowest BCUT2D eigenvalue weighted by Crippen LogP contribution is -2.10. The molecular weight excluding hydrogens is 351 g/mol. The Morgan fingerprint density at radius 2 is 1.62 bits per heavy atom. The molecule has 2 aromatic carbocycles. The van der Waals surface area contributed by atoms with Crippen LogP contribution in [0.5, 0.6) is 0 Å². The minimum absolute atomic E-state index is 0.0360.